The quantitative estimate of drug-likeness (QED) is 0.773. The number of para-hydroxylation sites is 1. The zero-order valence-electron chi connectivity index (χ0n) is 11.2. The molecule has 20 heavy (non-hydrogen) atoms. The minimum Gasteiger partial charge on any atom is -0.462 e. The van der Waals surface area contributed by atoms with Crippen LogP contribution >= 0.6 is 0 Å². The van der Waals surface area contributed by atoms with Crippen LogP contribution in [-0.2, 0) is 11.8 Å². The molecule has 1 aromatic heterocycles. The second-order valence-corrected chi connectivity index (χ2v) is 4.13. The van der Waals surface area contributed by atoms with Crippen LogP contribution in [-0.4, -0.2) is 21.7 Å². The van der Waals surface area contributed by atoms with E-state index in [0.29, 0.717) is 5.69 Å². The van der Waals surface area contributed by atoms with E-state index in [-0.39, 0.29) is 12.2 Å². The molecule has 0 aliphatic carbocycles. The number of aryl methyl sites for hydroxylation is 1. The number of esters is 1. The number of ether oxygens (including phenoxy) is 1. The van der Waals surface area contributed by atoms with Crippen LogP contribution < -0.4 is 11.2 Å². The third kappa shape index (κ3) is 2.40. The van der Waals surface area contributed by atoms with Gasteiger partial charge in [0.1, 0.15) is 5.56 Å². The number of hydrogen-bond donors (Lipinski definition) is 0. The lowest BCUT2D eigenvalue weighted by Gasteiger charge is -2.09. The van der Waals surface area contributed by atoms with E-state index >= 15 is 0 Å². The van der Waals surface area contributed by atoms with Gasteiger partial charge in [-0.25, -0.2) is 14.2 Å². The minimum absolute atomic E-state index is 0.159. The van der Waals surface area contributed by atoms with Crippen molar-refractivity contribution in [2.75, 3.05) is 6.61 Å². The predicted molar refractivity (Wildman–Crippen MR) is 73.2 cm³/mol. The molecule has 0 unspecified atom stereocenters. The van der Waals surface area contributed by atoms with Crippen molar-refractivity contribution in [3.8, 4) is 5.69 Å². The summed E-state index contributed by atoms with van der Waals surface area (Å²) in [4.78, 5) is 36.2. The third-order valence-corrected chi connectivity index (χ3v) is 2.76. The lowest BCUT2D eigenvalue weighted by Crippen LogP contribution is -2.40. The molecule has 0 aliphatic heterocycles. The number of carbonyl (C=O) groups excluding carboxylic acids is 1. The zero-order chi connectivity index (χ0) is 14.7. The van der Waals surface area contributed by atoms with Crippen LogP contribution in [0.25, 0.3) is 5.69 Å². The summed E-state index contributed by atoms with van der Waals surface area (Å²) < 4.78 is 6.96. The molecule has 0 N–H and O–H groups in total. The van der Waals surface area contributed by atoms with Gasteiger partial charge in [0.25, 0.3) is 5.56 Å². The fourth-order valence-corrected chi connectivity index (χ4v) is 1.82. The van der Waals surface area contributed by atoms with Crippen molar-refractivity contribution in [3.63, 3.8) is 0 Å². The molecule has 2 aromatic rings. The van der Waals surface area contributed by atoms with Crippen LogP contribution in [0, 0.1) is 0 Å². The van der Waals surface area contributed by atoms with Crippen molar-refractivity contribution in [3.05, 3.63) is 62.9 Å². The summed E-state index contributed by atoms with van der Waals surface area (Å²) in [5.74, 6) is -0.738. The summed E-state index contributed by atoms with van der Waals surface area (Å²) in [7, 11) is 1.48. The highest BCUT2D eigenvalue weighted by Crippen LogP contribution is 2.02. The first-order valence-electron chi connectivity index (χ1n) is 6.11. The van der Waals surface area contributed by atoms with Gasteiger partial charge >= 0.3 is 11.7 Å². The van der Waals surface area contributed by atoms with Crippen molar-refractivity contribution in [2.45, 2.75) is 6.92 Å². The topological polar surface area (TPSA) is 70.3 Å². The highest BCUT2D eigenvalue weighted by molar-refractivity contribution is 5.88. The van der Waals surface area contributed by atoms with E-state index in [1.165, 1.54) is 17.8 Å². The summed E-state index contributed by atoms with van der Waals surface area (Å²) in [6, 6.07) is 8.43. The molecule has 0 saturated carbocycles. The van der Waals surface area contributed by atoms with Crippen LogP contribution in [0.1, 0.15) is 17.3 Å². The molecule has 0 saturated heterocycles. The molecule has 0 spiro atoms. The maximum absolute atomic E-state index is 12.3. The Hall–Kier alpha value is -2.63. The van der Waals surface area contributed by atoms with Gasteiger partial charge in [-0.3, -0.25) is 4.79 Å². The van der Waals surface area contributed by atoms with Crippen LogP contribution in [0.4, 0.5) is 0 Å². The van der Waals surface area contributed by atoms with Gasteiger partial charge in [-0.05, 0) is 19.1 Å². The van der Waals surface area contributed by atoms with E-state index < -0.39 is 17.2 Å². The molecule has 0 fully saturated rings. The molecule has 0 amide bonds. The van der Waals surface area contributed by atoms with Gasteiger partial charge in [0, 0.05) is 13.2 Å². The van der Waals surface area contributed by atoms with E-state index in [9.17, 15) is 14.4 Å². The first-order valence-corrected chi connectivity index (χ1v) is 6.11. The smallest absolute Gasteiger partial charge is 0.345 e. The molecule has 0 aliphatic rings. The average molecular weight is 274 g/mol. The van der Waals surface area contributed by atoms with E-state index in [2.05, 4.69) is 0 Å². The molecule has 0 atom stereocenters. The molecular weight excluding hydrogens is 260 g/mol. The normalized spacial score (nSPS) is 10.3. The number of nitrogens with zero attached hydrogens (tertiary/aromatic N) is 2. The molecule has 1 heterocycles. The lowest BCUT2D eigenvalue weighted by molar-refractivity contribution is 0.0522. The Balaban J connectivity index is 2.73. The van der Waals surface area contributed by atoms with Crippen molar-refractivity contribution >= 4 is 5.97 Å². The van der Waals surface area contributed by atoms with E-state index in [1.807, 2.05) is 0 Å². The number of hydrogen-bond acceptors (Lipinski definition) is 4. The van der Waals surface area contributed by atoms with Gasteiger partial charge in [-0.15, -0.1) is 0 Å². The molecular formula is C14H14N2O4. The maximum atomic E-state index is 12.3. The molecule has 2 rings (SSSR count). The van der Waals surface area contributed by atoms with Crippen LogP contribution in [0.15, 0.2) is 46.1 Å². The highest BCUT2D eigenvalue weighted by atomic mass is 16.5. The Morgan fingerprint density at radius 1 is 1.20 bits per heavy atom. The predicted octanol–water partition coefficient (Wildman–Crippen LogP) is 0.713. The summed E-state index contributed by atoms with van der Waals surface area (Å²) in [5, 5.41) is 0. The fourth-order valence-electron chi connectivity index (χ4n) is 1.82. The van der Waals surface area contributed by atoms with Gasteiger partial charge in [0.2, 0.25) is 0 Å². The summed E-state index contributed by atoms with van der Waals surface area (Å²) >= 11 is 0. The van der Waals surface area contributed by atoms with Crippen molar-refractivity contribution in [2.24, 2.45) is 7.05 Å². The number of aromatic nitrogens is 2. The zero-order valence-corrected chi connectivity index (χ0v) is 11.2. The fraction of sp³-hybridized carbons (Fsp3) is 0.214. The molecule has 0 radical (unpaired) electrons. The summed E-state index contributed by atoms with van der Waals surface area (Å²) in [6.45, 7) is 1.81. The Morgan fingerprint density at radius 3 is 2.45 bits per heavy atom. The van der Waals surface area contributed by atoms with Gasteiger partial charge in [0.05, 0.1) is 12.3 Å². The van der Waals surface area contributed by atoms with Gasteiger partial charge in [-0.2, -0.15) is 0 Å². The Kier molecular flexibility index (Phi) is 3.84. The number of rotatable bonds is 3. The Labute approximate surface area is 114 Å². The van der Waals surface area contributed by atoms with E-state index in [0.717, 1.165) is 4.57 Å². The standard InChI is InChI=1S/C14H14N2O4/c1-3-20-13(18)11-9-15(2)14(19)16(12(11)17)10-7-5-4-6-8-10/h4-9H,3H2,1-2H3. The average Bonchev–Trinajstić information content (AvgIpc) is 2.44. The summed E-state index contributed by atoms with van der Waals surface area (Å²) in [5.41, 5.74) is -0.964. The minimum atomic E-state index is -0.738. The third-order valence-electron chi connectivity index (χ3n) is 2.76. The Bertz CT molecular complexity index is 744. The van der Waals surface area contributed by atoms with E-state index in [1.54, 1.807) is 37.3 Å². The van der Waals surface area contributed by atoms with Crippen molar-refractivity contribution in [1.82, 2.24) is 9.13 Å². The van der Waals surface area contributed by atoms with Crippen molar-refractivity contribution in [1.29, 1.82) is 0 Å². The SMILES string of the molecule is CCOC(=O)c1cn(C)c(=O)n(-c2ccccc2)c1=O. The largest absolute Gasteiger partial charge is 0.462 e. The monoisotopic (exact) mass is 274 g/mol. The molecule has 6 heteroatoms. The van der Waals surface area contributed by atoms with Crippen LogP contribution in [0.5, 0.6) is 0 Å². The maximum Gasteiger partial charge on any atom is 0.345 e. The van der Waals surface area contributed by atoms with Gasteiger partial charge in [-0.1, -0.05) is 18.2 Å². The van der Waals surface area contributed by atoms with E-state index in [4.69, 9.17) is 4.74 Å². The second kappa shape index (κ2) is 5.56. The molecule has 6 nitrogen and oxygen atoms in total. The van der Waals surface area contributed by atoms with Gasteiger partial charge in [0.15, 0.2) is 0 Å². The van der Waals surface area contributed by atoms with Crippen molar-refractivity contribution < 1.29 is 9.53 Å². The van der Waals surface area contributed by atoms with Crippen LogP contribution in [0.2, 0.25) is 0 Å². The highest BCUT2D eigenvalue weighted by Gasteiger charge is 2.17. The van der Waals surface area contributed by atoms with Gasteiger partial charge < -0.3 is 9.30 Å². The molecule has 0 bridgehead atoms. The Morgan fingerprint density at radius 2 is 1.85 bits per heavy atom. The van der Waals surface area contributed by atoms with Crippen LogP contribution in [0.3, 0.4) is 0 Å². The number of carbonyl (C=O) groups is 1. The first kappa shape index (κ1) is 13.8. The molecule has 1 aromatic carbocycles. The number of benzene rings is 1. The first-order chi connectivity index (χ1) is 9.56. The summed E-state index contributed by atoms with van der Waals surface area (Å²) in [6.07, 6.45) is 1.20. The molecule has 104 valence electrons. The second-order valence-electron chi connectivity index (χ2n) is 4.13. The lowest BCUT2D eigenvalue weighted by atomic mass is 10.3.